The molecule has 1 fully saturated rings. The van der Waals surface area contributed by atoms with E-state index < -0.39 is 0 Å². The van der Waals surface area contributed by atoms with Gasteiger partial charge in [0, 0.05) is 19.6 Å². The van der Waals surface area contributed by atoms with Crippen molar-refractivity contribution in [3.05, 3.63) is 23.8 Å². The Bertz CT molecular complexity index is 487. The van der Waals surface area contributed by atoms with Crippen LogP contribution in [-0.2, 0) is 0 Å². The maximum Gasteiger partial charge on any atom is 0.165 e. The third kappa shape index (κ3) is 2.96. The first-order chi connectivity index (χ1) is 9.54. The van der Waals surface area contributed by atoms with Crippen LogP contribution in [0.25, 0.3) is 0 Å². The summed E-state index contributed by atoms with van der Waals surface area (Å²) in [7, 11) is 5.83. The summed E-state index contributed by atoms with van der Waals surface area (Å²) in [6.45, 7) is 3.69. The lowest BCUT2D eigenvalue weighted by Gasteiger charge is -2.29. The molecule has 0 amide bonds. The Morgan fingerprint density at radius 2 is 2.25 bits per heavy atom. The Hall–Kier alpha value is -1.55. The summed E-state index contributed by atoms with van der Waals surface area (Å²) in [5.41, 5.74) is 1.63. The number of ketones is 1. The maximum absolute atomic E-state index is 11.9. The van der Waals surface area contributed by atoms with E-state index in [0.717, 1.165) is 18.8 Å². The van der Waals surface area contributed by atoms with E-state index in [4.69, 9.17) is 4.74 Å². The van der Waals surface area contributed by atoms with Gasteiger partial charge >= 0.3 is 0 Å². The van der Waals surface area contributed by atoms with Gasteiger partial charge in [0.1, 0.15) is 5.75 Å². The first-order valence-corrected chi connectivity index (χ1v) is 7.14. The highest BCUT2D eigenvalue weighted by Crippen LogP contribution is 2.30. The van der Waals surface area contributed by atoms with Gasteiger partial charge in [0.25, 0.3) is 0 Å². The van der Waals surface area contributed by atoms with Gasteiger partial charge in [-0.15, -0.1) is 0 Å². The summed E-state index contributed by atoms with van der Waals surface area (Å²) in [6, 6.07) is 6.34. The summed E-state index contributed by atoms with van der Waals surface area (Å²) in [4.78, 5) is 16.5. The van der Waals surface area contributed by atoms with E-state index in [0.29, 0.717) is 17.4 Å². The Morgan fingerprint density at radius 3 is 2.80 bits per heavy atom. The molecule has 4 heteroatoms. The number of carbonyl (C=O) groups excluding carboxylic acids is 1. The number of hydrogen-bond donors (Lipinski definition) is 0. The fourth-order valence-electron chi connectivity index (χ4n) is 2.99. The summed E-state index contributed by atoms with van der Waals surface area (Å²) < 4.78 is 5.33. The van der Waals surface area contributed by atoms with Crippen LogP contribution < -0.4 is 9.64 Å². The van der Waals surface area contributed by atoms with Crippen LogP contribution in [0.3, 0.4) is 0 Å². The van der Waals surface area contributed by atoms with E-state index in [-0.39, 0.29) is 5.78 Å². The number of nitrogens with zero attached hydrogens (tertiary/aromatic N) is 2. The van der Waals surface area contributed by atoms with Crippen LogP contribution >= 0.6 is 0 Å². The number of Topliss-reactive ketones (excluding diaryl/α,β-unsaturated/α-hetero) is 1. The predicted molar refractivity (Wildman–Crippen MR) is 81.9 cm³/mol. The van der Waals surface area contributed by atoms with Crippen molar-refractivity contribution in [2.45, 2.75) is 25.8 Å². The molecule has 1 aromatic carbocycles. The van der Waals surface area contributed by atoms with Crippen molar-refractivity contribution in [3.8, 4) is 5.75 Å². The molecule has 1 aromatic rings. The maximum atomic E-state index is 11.9. The topological polar surface area (TPSA) is 32.8 Å². The van der Waals surface area contributed by atoms with Crippen LogP contribution in [0.1, 0.15) is 30.1 Å². The fourth-order valence-corrected chi connectivity index (χ4v) is 2.99. The van der Waals surface area contributed by atoms with Crippen molar-refractivity contribution in [2.24, 2.45) is 0 Å². The van der Waals surface area contributed by atoms with Crippen LogP contribution in [0.2, 0.25) is 0 Å². The zero-order valence-corrected chi connectivity index (χ0v) is 12.8. The van der Waals surface area contributed by atoms with E-state index in [9.17, 15) is 4.79 Å². The van der Waals surface area contributed by atoms with Gasteiger partial charge in [-0.05, 0) is 45.5 Å². The van der Waals surface area contributed by atoms with Crippen molar-refractivity contribution >= 4 is 11.5 Å². The third-order valence-corrected chi connectivity index (χ3v) is 4.14. The van der Waals surface area contributed by atoms with Crippen LogP contribution in [0, 0.1) is 0 Å². The molecule has 110 valence electrons. The number of methoxy groups -OCH3 is 1. The molecule has 1 heterocycles. The number of carbonyl (C=O) groups is 1. The molecule has 0 saturated carbocycles. The second kappa shape index (κ2) is 6.27. The quantitative estimate of drug-likeness (QED) is 0.773. The van der Waals surface area contributed by atoms with Crippen LogP contribution in [0.5, 0.6) is 5.75 Å². The van der Waals surface area contributed by atoms with Gasteiger partial charge in [-0.2, -0.15) is 0 Å². The van der Waals surface area contributed by atoms with Gasteiger partial charge in [0.2, 0.25) is 0 Å². The second-order valence-corrected chi connectivity index (χ2v) is 5.57. The second-order valence-electron chi connectivity index (χ2n) is 5.57. The summed E-state index contributed by atoms with van der Waals surface area (Å²) in [6.07, 6.45) is 2.48. The number of anilines is 1. The molecular formula is C16H24N2O2. The van der Waals surface area contributed by atoms with E-state index in [1.54, 1.807) is 14.0 Å². The molecule has 1 atom stereocenters. The smallest absolute Gasteiger partial charge is 0.165 e. The molecule has 0 spiro atoms. The molecule has 0 bridgehead atoms. The Balaban J connectivity index is 2.24. The van der Waals surface area contributed by atoms with Gasteiger partial charge < -0.3 is 14.5 Å². The van der Waals surface area contributed by atoms with Gasteiger partial charge in [-0.1, -0.05) is 6.07 Å². The molecule has 1 unspecified atom stereocenters. The molecule has 0 aliphatic carbocycles. The van der Waals surface area contributed by atoms with Gasteiger partial charge in [-0.25, -0.2) is 0 Å². The zero-order valence-electron chi connectivity index (χ0n) is 12.8. The largest absolute Gasteiger partial charge is 0.496 e. The van der Waals surface area contributed by atoms with E-state index in [1.807, 2.05) is 25.2 Å². The van der Waals surface area contributed by atoms with Crippen molar-refractivity contribution in [1.82, 2.24) is 4.90 Å². The predicted octanol–water partition coefficient (Wildman–Crippen LogP) is 2.43. The van der Waals surface area contributed by atoms with Gasteiger partial charge in [0.05, 0.1) is 18.4 Å². The summed E-state index contributed by atoms with van der Waals surface area (Å²) in [5.74, 6) is 0.700. The van der Waals surface area contributed by atoms with Crippen LogP contribution in [0.15, 0.2) is 18.2 Å². The molecule has 1 aliphatic rings. The monoisotopic (exact) mass is 276 g/mol. The molecule has 1 aliphatic heterocycles. The first kappa shape index (κ1) is 14.9. The molecule has 0 radical (unpaired) electrons. The lowest BCUT2D eigenvalue weighted by atomic mass is 10.1. The number of likely N-dealkylation sites (tertiary alicyclic amines) is 1. The average molecular weight is 276 g/mol. The minimum absolute atomic E-state index is 0.0454. The molecule has 0 aromatic heterocycles. The molecular weight excluding hydrogens is 252 g/mol. The van der Waals surface area contributed by atoms with Gasteiger partial charge in [-0.3, -0.25) is 4.79 Å². The lowest BCUT2D eigenvalue weighted by Crippen LogP contribution is -2.37. The highest BCUT2D eigenvalue weighted by atomic mass is 16.5. The summed E-state index contributed by atoms with van der Waals surface area (Å²) in [5, 5.41) is 0. The van der Waals surface area contributed by atoms with E-state index in [2.05, 4.69) is 16.8 Å². The average Bonchev–Trinajstić information content (AvgIpc) is 2.83. The van der Waals surface area contributed by atoms with E-state index >= 15 is 0 Å². The minimum atomic E-state index is 0.0454. The number of ether oxygens (including phenoxy) is 1. The zero-order chi connectivity index (χ0) is 14.7. The third-order valence-electron chi connectivity index (χ3n) is 4.14. The molecule has 0 N–H and O–H groups in total. The first-order valence-electron chi connectivity index (χ1n) is 7.14. The molecule has 20 heavy (non-hydrogen) atoms. The van der Waals surface area contributed by atoms with Crippen molar-refractivity contribution < 1.29 is 9.53 Å². The minimum Gasteiger partial charge on any atom is -0.496 e. The fraction of sp³-hybridized carbons (Fsp3) is 0.562. The normalized spacial score (nSPS) is 19.1. The molecule has 4 nitrogen and oxygen atoms in total. The van der Waals surface area contributed by atoms with Crippen molar-refractivity contribution in [1.29, 1.82) is 0 Å². The SMILES string of the molecule is COc1cccc(N(C)CC2CCCN2C)c1C(C)=O. The highest BCUT2D eigenvalue weighted by Gasteiger charge is 2.24. The number of likely N-dealkylation sites (N-methyl/N-ethyl adjacent to an activating group) is 2. The van der Waals surface area contributed by atoms with Gasteiger partial charge in [0.15, 0.2) is 5.78 Å². The highest BCUT2D eigenvalue weighted by molar-refractivity contribution is 6.02. The number of rotatable bonds is 5. The van der Waals surface area contributed by atoms with Crippen LogP contribution in [-0.4, -0.2) is 51.0 Å². The Kier molecular flexibility index (Phi) is 4.65. The number of hydrogen-bond acceptors (Lipinski definition) is 4. The summed E-state index contributed by atoms with van der Waals surface area (Å²) >= 11 is 0. The lowest BCUT2D eigenvalue weighted by molar-refractivity contribution is 0.101. The van der Waals surface area contributed by atoms with Crippen molar-refractivity contribution in [2.75, 3.05) is 39.2 Å². The standard InChI is InChI=1S/C16H24N2O2/c1-12(19)16-14(8-5-9-15(16)20-4)18(3)11-13-7-6-10-17(13)2/h5,8-9,13H,6-7,10-11H2,1-4H3. The molecule has 2 rings (SSSR count). The van der Waals surface area contributed by atoms with Crippen LogP contribution in [0.4, 0.5) is 5.69 Å². The number of benzene rings is 1. The Labute approximate surface area is 121 Å². The van der Waals surface area contributed by atoms with Crippen molar-refractivity contribution in [3.63, 3.8) is 0 Å². The van der Waals surface area contributed by atoms with E-state index in [1.165, 1.54) is 12.8 Å². The Morgan fingerprint density at radius 1 is 1.50 bits per heavy atom. The molecule has 1 saturated heterocycles.